The highest BCUT2D eigenvalue weighted by atomic mass is 32.1. The SMILES string of the molecule is CNC(=O)C(Nc1n[nH]c(=S)s1)C(N)(C=O)OCc1ccccc1. The van der Waals surface area contributed by atoms with Crippen LogP contribution in [-0.2, 0) is 20.9 Å². The van der Waals surface area contributed by atoms with Crippen LogP contribution < -0.4 is 16.4 Å². The Morgan fingerprint density at radius 3 is 2.79 bits per heavy atom. The normalized spacial score (nSPS) is 14.4. The van der Waals surface area contributed by atoms with Crippen LogP contribution >= 0.6 is 23.6 Å². The van der Waals surface area contributed by atoms with E-state index in [1.54, 1.807) is 0 Å². The van der Waals surface area contributed by atoms with Crippen molar-refractivity contribution in [1.29, 1.82) is 0 Å². The summed E-state index contributed by atoms with van der Waals surface area (Å²) in [6.07, 6.45) is 0.398. The number of rotatable bonds is 8. The first kappa shape index (κ1) is 18.2. The second-order valence-corrected chi connectivity index (χ2v) is 6.52. The van der Waals surface area contributed by atoms with Crippen LogP contribution in [0.4, 0.5) is 5.13 Å². The number of aldehydes is 1. The number of H-pyrrole nitrogens is 1. The molecule has 1 aromatic heterocycles. The third-order valence-corrected chi connectivity index (χ3v) is 4.20. The molecule has 1 aromatic carbocycles. The average Bonchev–Trinajstić information content (AvgIpc) is 3.03. The van der Waals surface area contributed by atoms with Gasteiger partial charge in [-0.2, -0.15) is 0 Å². The van der Waals surface area contributed by atoms with E-state index in [0.29, 0.717) is 15.4 Å². The molecule has 0 saturated heterocycles. The first-order chi connectivity index (χ1) is 11.5. The number of amides is 1. The summed E-state index contributed by atoms with van der Waals surface area (Å²) in [5.74, 6) is -0.515. The molecule has 0 aliphatic carbocycles. The molecule has 1 heterocycles. The van der Waals surface area contributed by atoms with E-state index in [1.165, 1.54) is 7.05 Å². The summed E-state index contributed by atoms with van der Waals surface area (Å²) in [7, 11) is 1.44. The van der Waals surface area contributed by atoms with Crippen LogP contribution in [0.2, 0.25) is 0 Å². The zero-order chi connectivity index (χ0) is 17.6. The molecule has 10 heteroatoms. The van der Waals surface area contributed by atoms with Crippen LogP contribution in [0, 0.1) is 3.95 Å². The van der Waals surface area contributed by atoms with Crippen molar-refractivity contribution in [1.82, 2.24) is 15.5 Å². The smallest absolute Gasteiger partial charge is 0.247 e. The number of nitrogens with one attached hydrogen (secondary N) is 3. The summed E-state index contributed by atoms with van der Waals surface area (Å²) >= 11 is 6.06. The van der Waals surface area contributed by atoms with Crippen molar-refractivity contribution in [3.05, 3.63) is 39.8 Å². The molecule has 0 fully saturated rings. The molecule has 0 aliphatic rings. The van der Waals surface area contributed by atoms with Gasteiger partial charge in [0.2, 0.25) is 16.8 Å². The van der Waals surface area contributed by atoms with E-state index in [9.17, 15) is 9.59 Å². The van der Waals surface area contributed by atoms with Crippen molar-refractivity contribution >= 4 is 40.9 Å². The Bertz CT molecular complexity index is 748. The predicted molar refractivity (Wildman–Crippen MR) is 93.0 cm³/mol. The van der Waals surface area contributed by atoms with Crippen molar-refractivity contribution in [2.24, 2.45) is 5.73 Å². The Hall–Kier alpha value is -2.14. The van der Waals surface area contributed by atoms with Gasteiger partial charge in [0.15, 0.2) is 16.3 Å². The number of aromatic nitrogens is 2. The molecule has 2 unspecified atom stereocenters. The van der Waals surface area contributed by atoms with Crippen molar-refractivity contribution in [3.8, 4) is 0 Å². The van der Waals surface area contributed by atoms with Gasteiger partial charge in [-0.1, -0.05) is 41.7 Å². The fourth-order valence-electron chi connectivity index (χ4n) is 1.91. The van der Waals surface area contributed by atoms with E-state index >= 15 is 0 Å². The molecule has 2 rings (SSSR count). The standard InChI is InChI=1S/C14H17N5O3S2/c1-16-11(21)10(17-12-18-19-13(23)24-12)14(15,8-20)22-7-9-5-3-2-4-6-9/h2-6,8,10H,7,15H2,1H3,(H,16,21)(H,17,18)(H,19,23). The topological polar surface area (TPSA) is 122 Å². The zero-order valence-electron chi connectivity index (χ0n) is 12.8. The number of benzene rings is 1. The highest BCUT2D eigenvalue weighted by Crippen LogP contribution is 2.19. The van der Waals surface area contributed by atoms with Crippen molar-refractivity contribution in [2.75, 3.05) is 12.4 Å². The maximum Gasteiger partial charge on any atom is 0.247 e. The lowest BCUT2D eigenvalue weighted by atomic mass is 10.1. The molecule has 5 N–H and O–H groups in total. The van der Waals surface area contributed by atoms with E-state index in [1.807, 2.05) is 30.3 Å². The van der Waals surface area contributed by atoms with Gasteiger partial charge >= 0.3 is 0 Å². The van der Waals surface area contributed by atoms with Crippen LogP contribution in [0.25, 0.3) is 0 Å². The molecule has 24 heavy (non-hydrogen) atoms. The van der Waals surface area contributed by atoms with Gasteiger partial charge in [-0.25, -0.2) is 0 Å². The lowest BCUT2D eigenvalue weighted by molar-refractivity contribution is -0.143. The van der Waals surface area contributed by atoms with Crippen molar-refractivity contribution in [2.45, 2.75) is 18.4 Å². The van der Waals surface area contributed by atoms with Gasteiger partial charge in [0.1, 0.15) is 0 Å². The Kier molecular flexibility index (Phi) is 6.15. The minimum atomic E-state index is -1.89. The van der Waals surface area contributed by atoms with Gasteiger partial charge in [0.25, 0.3) is 0 Å². The lowest BCUT2D eigenvalue weighted by Crippen LogP contribution is -2.63. The van der Waals surface area contributed by atoms with Gasteiger partial charge in [-0.3, -0.25) is 20.4 Å². The molecule has 8 nitrogen and oxygen atoms in total. The molecule has 0 bridgehead atoms. The summed E-state index contributed by atoms with van der Waals surface area (Å²) < 4.78 is 5.98. The largest absolute Gasteiger partial charge is 0.357 e. The van der Waals surface area contributed by atoms with E-state index in [0.717, 1.165) is 16.9 Å². The first-order valence-corrected chi connectivity index (χ1v) is 8.17. The molecule has 0 radical (unpaired) electrons. The third kappa shape index (κ3) is 4.45. The van der Waals surface area contributed by atoms with Gasteiger partial charge in [-0.05, 0) is 17.8 Å². The van der Waals surface area contributed by atoms with Crippen LogP contribution in [0.3, 0.4) is 0 Å². The Balaban J connectivity index is 2.20. The number of nitrogens with two attached hydrogens (primary N) is 1. The van der Waals surface area contributed by atoms with Gasteiger partial charge in [0.05, 0.1) is 6.61 Å². The quantitative estimate of drug-likeness (QED) is 0.309. The van der Waals surface area contributed by atoms with Crippen LogP contribution in [0.15, 0.2) is 30.3 Å². The molecule has 0 spiro atoms. The Morgan fingerprint density at radius 1 is 1.54 bits per heavy atom. The van der Waals surface area contributed by atoms with Crippen molar-refractivity contribution < 1.29 is 14.3 Å². The molecular weight excluding hydrogens is 350 g/mol. The van der Waals surface area contributed by atoms with Crippen molar-refractivity contribution in [3.63, 3.8) is 0 Å². The maximum atomic E-state index is 12.2. The number of nitrogens with zero attached hydrogens (tertiary/aromatic N) is 1. The highest BCUT2D eigenvalue weighted by Gasteiger charge is 2.41. The van der Waals surface area contributed by atoms with E-state index in [-0.39, 0.29) is 6.61 Å². The van der Waals surface area contributed by atoms with E-state index < -0.39 is 17.7 Å². The first-order valence-electron chi connectivity index (χ1n) is 6.95. The number of carbonyl (C=O) groups excluding carboxylic acids is 2. The molecular formula is C14H17N5O3S2. The maximum absolute atomic E-state index is 12.2. The van der Waals surface area contributed by atoms with Crippen LogP contribution in [-0.4, -0.2) is 41.2 Å². The number of anilines is 1. The molecule has 2 atom stereocenters. The molecule has 0 saturated carbocycles. The number of carbonyl (C=O) groups is 2. The van der Waals surface area contributed by atoms with E-state index in [4.69, 9.17) is 22.7 Å². The van der Waals surface area contributed by atoms with E-state index in [2.05, 4.69) is 20.8 Å². The van der Waals surface area contributed by atoms with Crippen LogP contribution in [0.5, 0.6) is 0 Å². The number of likely N-dealkylation sites (N-methyl/N-ethyl adjacent to an activating group) is 1. The van der Waals surface area contributed by atoms with Gasteiger partial charge in [0, 0.05) is 7.05 Å². The summed E-state index contributed by atoms with van der Waals surface area (Å²) in [5, 5.41) is 12.1. The third-order valence-electron chi connectivity index (χ3n) is 3.18. The molecule has 128 valence electrons. The number of hydrogen-bond donors (Lipinski definition) is 4. The minimum Gasteiger partial charge on any atom is -0.357 e. The second kappa shape index (κ2) is 8.11. The highest BCUT2D eigenvalue weighted by molar-refractivity contribution is 7.73. The summed E-state index contributed by atoms with van der Waals surface area (Å²) in [5.41, 5.74) is 4.98. The average molecular weight is 367 g/mol. The lowest BCUT2D eigenvalue weighted by Gasteiger charge is -2.31. The summed E-state index contributed by atoms with van der Waals surface area (Å²) in [6.45, 7) is 0.0710. The van der Waals surface area contributed by atoms with Gasteiger partial charge < -0.3 is 15.4 Å². The Morgan fingerprint density at radius 2 is 2.25 bits per heavy atom. The van der Waals surface area contributed by atoms with Crippen LogP contribution in [0.1, 0.15) is 5.56 Å². The Labute approximate surface area is 147 Å². The molecule has 2 aromatic rings. The fraction of sp³-hybridized carbons (Fsp3) is 0.286. The number of aromatic amines is 1. The monoisotopic (exact) mass is 367 g/mol. The zero-order valence-corrected chi connectivity index (χ0v) is 14.4. The second-order valence-electron chi connectivity index (χ2n) is 4.86. The van der Waals surface area contributed by atoms with Gasteiger partial charge in [-0.15, -0.1) is 5.10 Å². The summed E-state index contributed by atoms with van der Waals surface area (Å²) in [6, 6.07) is 8.00. The minimum absolute atomic E-state index is 0.0710. The molecule has 0 aliphatic heterocycles. The number of hydrogen-bond acceptors (Lipinski definition) is 8. The fourth-order valence-corrected chi connectivity index (χ4v) is 2.73. The summed E-state index contributed by atoms with van der Waals surface area (Å²) in [4.78, 5) is 23.8. The predicted octanol–water partition coefficient (Wildman–Crippen LogP) is 0.798. The molecule has 1 amide bonds. The number of ether oxygens (including phenoxy) is 1.